The fraction of sp³-hybridized carbons (Fsp3) is 0.188. The molecule has 1 atom stereocenters. The fourth-order valence-corrected chi connectivity index (χ4v) is 6.97. The predicted molar refractivity (Wildman–Crippen MR) is 162 cm³/mol. The maximum atomic E-state index is 14.1. The lowest BCUT2D eigenvalue weighted by atomic mass is 9.83. The highest BCUT2D eigenvalue weighted by Crippen LogP contribution is 2.42. The molecule has 1 aromatic heterocycles. The summed E-state index contributed by atoms with van der Waals surface area (Å²) >= 11 is 4.99. The van der Waals surface area contributed by atoms with Gasteiger partial charge in [0.2, 0.25) is 0 Å². The zero-order valence-corrected chi connectivity index (χ0v) is 24.6. The average Bonchev–Trinajstić information content (AvgIpc) is 3.29. The lowest BCUT2D eigenvalue weighted by molar-refractivity contribution is 0.324. The Kier molecular flexibility index (Phi) is 7.21. The highest BCUT2D eigenvalue weighted by Gasteiger charge is 2.32. The third-order valence-electron chi connectivity index (χ3n) is 7.18. The molecular formula is C32H27BrN2O4S. The van der Waals surface area contributed by atoms with Gasteiger partial charge in [-0.3, -0.25) is 9.36 Å². The topological polar surface area (TPSA) is 62.0 Å². The van der Waals surface area contributed by atoms with Crippen molar-refractivity contribution in [3.8, 4) is 17.2 Å². The van der Waals surface area contributed by atoms with E-state index in [1.807, 2.05) is 47.0 Å². The van der Waals surface area contributed by atoms with Crippen LogP contribution in [0.25, 0.3) is 11.8 Å². The van der Waals surface area contributed by atoms with Gasteiger partial charge in [0.1, 0.15) is 12.4 Å². The lowest BCUT2D eigenvalue weighted by Crippen LogP contribution is -2.38. The fourth-order valence-electron chi connectivity index (χ4n) is 5.39. The van der Waals surface area contributed by atoms with E-state index in [-0.39, 0.29) is 11.6 Å². The molecule has 0 saturated heterocycles. The van der Waals surface area contributed by atoms with Crippen molar-refractivity contribution in [3.05, 3.63) is 125 Å². The largest absolute Gasteiger partial charge is 0.497 e. The minimum Gasteiger partial charge on any atom is -0.497 e. The van der Waals surface area contributed by atoms with Gasteiger partial charge < -0.3 is 14.2 Å². The van der Waals surface area contributed by atoms with E-state index in [0.29, 0.717) is 27.4 Å². The molecule has 0 N–H and O–H groups in total. The molecule has 0 radical (unpaired) electrons. The first kappa shape index (κ1) is 26.3. The summed E-state index contributed by atoms with van der Waals surface area (Å²) in [5.74, 6) is 1.91. The summed E-state index contributed by atoms with van der Waals surface area (Å²) in [7, 11) is 3.25. The highest BCUT2D eigenvalue weighted by molar-refractivity contribution is 9.10. The van der Waals surface area contributed by atoms with Crippen LogP contribution in [0.5, 0.6) is 17.2 Å². The zero-order chi connectivity index (χ0) is 27.8. The van der Waals surface area contributed by atoms with Crippen LogP contribution in [0.1, 0.15) is 34.7 Å². The number of halogens is 1. The summed E-state index contributed by atoms with van der Waals surface area (Å²) < 4.78 is 20.1. The third-order valence-corrected chi connectivity index (χ3v) is 8.75. The first-order valence-electron chi connectivity index (χ1n) is 12.9. The quantitative estimate of drug-likeness (QED) is 0.252. The summed E-state index contributed by atoms with van der Waals surface area (Å²) in [4.78, 5) is 19.8. The number of methoxy groups -OCH3 is 2. The van der Waals surface area contributed by atoms with E-state index >= 15 is 0 Å². The molecule has 1 aliphatic carbocycles. The van der Waals surface area contributed by atoms with E-state index in [1.165, 1.54) is 16.9 Å². The zero-order valence-electron chi connectivity index (χ0n) is 22.1. The van der Waals surface area contributed by atoms with E-state index in [1.54, 1.807) is 20.3 Å². The summed E-state index contributed by atoms with van der Waals surface area (Å²) in [6.45, 7) is 4.06. The van der Waals surface area contributed by atoms with Crippen molar-refractivity contribution in [1.82, 2.24) is 4.57 Å². The summed E-state index contributed by atoms with van der Waals surface area (Å²) in [5.41, 5.74) is 6.27. The number of allylic oxidation sites excluding steroid dienone is 1. The SMILES string of the molecule is C=CCOc1c(Br)cc(/C=c2\sc3n(c2=O)C(c2cccc(OC)c2)C2=C(N=3)c3ccccc3CC2)cc1OC. The molecule has 0 spiro atoms. The van der Waals surface area contributed by atoms with Crippen molar-refractivity contribution in [1.29, 1.82) is 0 Å². The molecule has 0 amide bonds. The van der Waals surface area contributed by atoms with Crippen LogP contribution >= 0.6 is 27.3 Å². The molecule has 3 aromatic carbocycles. The molecule has 40 heavy (non-hydrogen) atoms. The molecule has 2 heterocycles. The minimum absolute atomic E-state index is 0.0796. The van der Waals surface area contributed by atoms with Crippen LogP contribution < -0.4 is 29.1 Å². The first-order valence-corrected chi connectivity index (χ1v) is 14.5. The van der Waals surface area contributed by atoms with Gasteiger partial charge in [-0.2, -0.15) is 0 Å². The molecule has 2 aliphatic rings. The smallest absolute Gasteiger partial charge is 0.271 e. The number of benzene rings is 3. The van der Waals surface area contributed by atoms with Crippen LogP contribution in [0, 0.1) is 0 Å². The number of thiazole rings is 1. The predicted octanol–water partition coefficient (Wildman–Crippen LogP) is 5.66. The van der Waals surface area contributed by atoms with E-state index in [9.17, 15) is 4.79 Å². The van der Waals surface area contributed by atoms with E-state index < -0.39 is 0 Å². The van der Waals surface area contributed by atoms with Gasteiger partial charge in [0, 0.05) is 5.56 Å². The Bertz CT molecular complexity index is 1850. The van der Waals surface area contributed by atoms with Crippen LogP contribution in [-0.4, -0.2) is 25.4 Å². The Hall–Kier alpha value is -3.88. The normalized spacial score (nSPS) is 16.0. The second-order valence-electron chi connectivity index (χ2n) is 9.52. The second kappa shape index (κ2) is 10.9. The Labute approximate surface area is 244 Å². The van der Waals surface area contributed by atoms with Gasteiger partial charge >= 0.3 is 0 Å². The Morgan fingerprint density at radius 3 is 2.75 bits per heavy atom. The van der Waals surface area contributed by atoms with E-state index in [2.05, 4.69) is 46.8 Å². The maximum Gasteiger partial charge on any atom is 0.271 e. The monoisotopic (exact) mass is 614 g/mol. The first-order chi connectivity index (χ1) is 19.5. The van der Waals surface area contributed by atoms with Gasteiger partial charge in [-0.15, -0.1) is 0 Å². The van der Waals surface area contributed by atoms with Gasteiger partial charge in [0.25, 0.3) is 5.56 Å². The standard InChI is InChI=1S/C32H27BrN2O4S/c1-4-14-39-30-25(33)15-19(16-26(30)38-3)17-27-31(36)35-29(21-9-7-10-22(18-21)37-2)24-13-12-20-8-5-6-11-23(20)28(24)34-32(35)40-27/h4-11,15-18,29H,1,12-14H2,2-3H3/b27-17-. The van der Waals surface area contributed by atoms with Gasteiger partial charge in [-0.05, 0) is 81.4 Å². The number of hydrogen-bond acceptors (Lipinski definition) is 6. The van der Waals surface area contributed by atoms with Crippen molar-refractivity contribution in [3.63, 3.8) is 0 Å². The minimum atomic E-state index is -0.271. The Balaban J connectivity index is 1.56. The van der Waals surface area contributed by atoms with Crippen LogP contribution in [0.3, 0.4) is 0 Å². The van der Waals surface area contributed by atoms with Gasteiger partial charge in [0.15, 0.2) is 16.3 Å². The van der Waals surface area contributed by atoms with Crippen molar-refractivity contribution < 1.29 is 14.2 Å². The molecule has 8 heteroatoms. The van der Waals surface area contributed by atoms with Crippen molar-refractivity contribution in [2.45, 2.75) is 18.9 Å². The number of fused-ring (bicyclic) bond motifs is 3. The number of rotatable bonds is 7. The summed E-state index contributed by atoms with van der Waals surface area (Å²) in [6.07, 6.45) is 5.30. The third kappa shape index (κ3) is 4.61. The second-order valence-corrected chi connectivity index (χ2v) is 11.4. The number of hydrogen-bond donors (Lipinski definition) is 0. The molecular weight excluding hydrogens is 588 g/mol. The molecule has 0 saturated carbocycles. The van der Waals surface area contributed by atoms with Crippen molar-refractivity contribution >= 4 is 39.0 Å². The molecule has 0 bridgehead atoms. The van der Waals surface area contributed by atoms with Gasteiger partial charge in [0.05, 0.1) is 35.0 Å². The molecule has 0 fully saturated rings. The Morgan fingerprint density at radius 1 is 1.10 bits per heavy atom. The Morgan fingerprint density at radius 2 is 1.95 bits per heavy atom. The molecule has 6 nitrogen and oxygen atoms in total. The number of aromatic nitrogens is 1. The van der Waals surface area contributed by atoms with Crippen LogP contribution in [0.4, 0.5) is 0 Å². The van der Waals surface area contributed by atoms with E-state index in [4.69, 9.17) is 19.2 Å². The molecule has 4 aromatic rings. The van der Waals surface area contributed by atoms with Gasteiger partial charge in [-0.1, -0.05) is 60.4 Å². The molecule has 202 valence electrons. The number of ether oxygens (including phenoxy) is 3. The van der Waals surface area contributed by atoms with Crippen molar-refractivity contribution in [2.24, 2.45) is 4.99 Å². The van der Waals surface area contributed by atoms with Crippen LogP contribution in [0.15, 0.2) is 93.2 Å². The van der Waals surface area contributed by atoms with Crippen molar-refractivity contribution in [2.75, 3.05) is 20.8 Å². The molecule has 1 unspecified atom stereocenters. The van der Waals surface area contributed by atoms with Crippen LogP contribution in [0.2, 0.25) is 0 Å². The maximum absolute atomic E-state index is 14.1. The number of aryl methyl sites for hydroxylation is 1. The molecule has 6 rings (SSSR count). The average molecular weight is 616 g/mol. The van der Waals surface area contributed by atoms with E-state index in [0.717, 1.165) is 51.0 Å². The lowest BCUT2D eigenvalue weighted by Gasteiger charge is -2.31. The summed E-state index contributed by atoms with van der Waals surface area (Å²) in [5, 5.41) is 0. The van der Waals surface area contributed by atoms with Gasteiger partial charge in [-0.25, -0.2) is 4.99 Å². The molecule has 1 aliphatic heterocycles. The summed E-state index contributed by atoms with van der Waals surface area (Å²) in [6, 6.07) is 19.9. The number of nitrogens with zero attached hydrogens (tertiary/aromatic N) is 2. The highest BCUT2D eigenvalue weighted by atomic mass is 79.9. The van der Waals surface area contributed by atoms with Crippen LogP contribution in [-0.2, 0) is 6.42 Å².